The molecule has 0 aliphatic carbocycles. The lowest BCUT2D eigenvalue weighted by Gasteiger charge is -2.73. The van der Waals surface area contributed by atoms with E-state index >= 15 is 0 Å². The van der Waals surface area contributed by atoms with E-state index in [-0.39, 0.29) is 0 Å². The zero-order valence-corrected chi connectivity index (χ0v) is 45.4. The number of rotatable bonds is 18. The minimum Gasteiger partial charge on any atom is -0.496 e. The van der Waals surface area contributed by atoms with Crippen LogP contribution in [0.1, 0.15) is 45.0 Å². The Balaban J connectivity index is 1.75. The van der Waals surface area contributed by atoms with Gasteiger partial charge in [0.25, 0.3) is 0 Å². The van der Waals surface area contributed by atoms with Crippen molar-refractivity contribution in [3.8, 4) is 51.7 Å². The Morgan fingerprint density at radius 1 is 0.269 bits per heavy atom. The summed E-state index contributed by atoms with van der Waals surface area (Å²) in [5.74, 6) is 5.03. The van der Waals surface area contributed by atoms with Gasteiger partial charge in [-0.3, -0.25) is 0 Å². The van der Waals surface area contributed by atoms with E-state index in [1.807, 2.05) is 133 Å². The van der Waals surface area contributed by atoms with Gasteiger partial charge in [0.15, 0.2) is 5.66 Å². The molecule has 9 aromatic rings. The highest BCUT2D eigenvalue weighted by Gasteiger charge is 2.77. The first-order chi connectivity index (χ1) is 38.4. The van der Waals surface area contributed by atoms with E-state index in [0.29, 0.717) is 85.4 Å². The molecule has 0 N–H and O–H groups in total. The molecule has 11 nitrogen and oxygen atoms in total. The molecule has 0 amide bonds. The van der Waals surface area contributed by atoms with Crippen LogP contribution in [0.15, 0.2) is 218 Å². The van der Waals surface area contributed by atoms with Crippen LogP contribution in [0, 0.1) is 0 Å². The molecular weight excluding hydrogens is 977 g/mol. The molecule has 1 heterocycles. The van der Waals surface area contributed by atoms with Gasteiger partial charge in [-0.05, 0) is 66.7 Å². The van der Waals surface area contributed by atoms with Gasteiger partial charge < -0.3 is 52.4 Å². The average Bonchev–Trinajstić information content (AvgIpc) is 0.958. The molecule has 0 radical (unpaired) electrons. The highest BCUT2D eigenvalue weighted by molar-refractivity contribution is 5.85. The van der Waals surface area contributed by atoms with Crippen LogP contribution >= 0.6 is 0 Å². The smallest absolute Gasteiger partial charge is 0.175 e. The van der Waals surface area contributed by atoms with E-state index in [1.54, 1.807) is 64.0 Å². The van der Waals surface area contributed by atoms with Gasteiger partial charge in [0.05, 0.1) is 86.8 Å². The highest BCUT2D eigenvalue weighted by atomic mass is 16.5. The first-order valence-electron chi connectivity index (χ1n) is 25.7. The van der Waals surface area contributed by atoms with E-state index in [4.69, 9.17) is 42.6 Å². The summed E-state index contributed by atoms with van der Waals surface area (Å²) >= 11 is 0. The van der Waals surface area contributed by atoms with Crippen molar-refractivity contribution in [1.29, 1.82) is 0 Å². The minimum absolute atomic E-state index is 0.533. The molecule has 1 unspecified atom stereocenters. The fraction of sp³-hybridized carbons (Fsp3) is 0.194. The molecule has 1 saturated heterocycles. The van der Waals surface area contributed by atoms with Crippen LogP contribution in [0.5, 0.6) is 51.7 Å². The summed E-state index contributed by atoms with van der Waals surface area (Å²) < 4.78 is 61.2. The highest BCUT2D eigenvalue weighted by Crippen LogP contribution is 2.76. The Hall–Kier alpha value is -9.22. The molecule has 78 heavy (non-hydrogen) atoms. The van der Waals surface area contributed by atoms with Crippen molar-refractivity contribution in [2.24, 2.45) is 0 Å². The minimum atomic E-state index is -1.75. The number of ether oxygens (including phenoxy) is 9. The predicted molar refractivity (Wildman–Crippen MR) is 307 cm³/mol. The Bertz CT molecular complexity index is 3400. The van der Waals surface area contributed by atoms with Crippen molar-refractivity contribution in [1.82, 2.24) is 0 Å². The summed E-state index contributed by atoms with van der Waals surface area (Å²) in [4.78, 5) is 4.95. The molecule has 0 bridgehead atoms. The second-order valence-electron chi connectivity index (χ2n) is 18.6. The van der Waals surface area contributed by atoms with Crippen LogP contribution in [0.2, 0.25) is 0 Å². The van der Waals surface area contributed by atoms with Gasteiger partial charge in [0.1, 0.15) is 57.3 Å². The van der Waals surface area contributed by atoms with E-state index in [1.165, 1.54) is 0 Å². The zero-order chi connectivity index (χ0) is 54.4. The van der Waals surface area contributed by atoms with Crippen molar-refractivity contribution in [2.75, 3.05) is 73.8 Å². The van der Waals surface area contributed by atoms with Crippen molar-refractivity contribution >= 4 is 11.4 Å². The zero-order valence-electron chi connectivity index (χ0n) is 45.4. The van der Waals surface area contributed by atoms with Gasteiger partial charge in [0, 0.05) is 38.9 Å². The number of hydrogen-bond donors (Lipinski definition) is 0. The maximum atomic E-state index is 6.87. The number of benzene rings is 9. The molecule has 10 rings (SSSR count). The molecular formula is C67H64N2O9. The quantitative estimate of drug-likeness (QED) is 0.0823. The fourth-order valence-corrected chi connectivity index (χ4v) is 12.7. The Labute approximate surface area is 457 Å². The first-order valence-corrected chi connectivity index (χ1v) is 25.7. The Morgan fingerprint density at radius 2 is 0.538 bits per heavy atom. The molecule has 0 saturated carbocycles. The summed E-state index contributed by atoms with van der Waals surface area (Å²) in [5, 5.41) is 0. The van der Waals surface area contributed by atoms with Crippen LogP contribution < -0.4 is 52.4 Å². The van der Waals surface area contributed by atoms with Crippen LogP contribution in [0.3, 0.4) is 0 Å². The number of anilines is 2. The van der Waals surface area contributed by atoms with Gasteiger partial charge in [-0.2, -0.15) is 0 Å². The van der Waals surface area contributed by atoms with Gasteiger partial charge in [0.2, 0.25) is 0 Å². The second-order valence-corrected chi connectivity index (χ2v) is 18.6. The average molecular weight is 1040 g/mol. The summed E-state index contributed by atoms with van der Waals surface area (Å²) in [6, 6.07) is 72.7. The number of nitrogens with zero attached hydrogens (tertiary/aromatic N) is 2. The lowest BCUT2D eigenvalue weighted by Crippen LogP contribution is -2.80. The fourth-order valence-electron chi connectivity index (χ4n) is 12.7. The van der Waals surface area contributed by atoms with Gasteiger partial charge in [-0.25, -0.2) is 0 Å². The van der Waals surface area contributed by atoms with E-state index in [9.17, 15) is 0 Å². The summed E-state index contributed by atoms with van der Waals surface area (Å²) in [7, 11) is 15.4. The third-order valence-electron chi connectivity index (χ3n) is 15.4. The largest absolute Gasteiger partial charge is 0.496 e. The summed E-state index contributed by atoms with van der Waals surface area (Å²) in [6.07, 6.45) is 0. The number of methoxy groups -OCH3 is 9. The molecule has 396 valence electrons. The second kappa shape index (κ2) is 22.2. The van der Waals surface area contributed by atoms with Crippen LogP contribution in [-0.4, -0.2) is 64.0 Å². The standard InChI is InChI=1S/C67H64N2O9/c1-70-55-37-19-10-28-46(55)64-65(47-29-11-20-38-56(47)71-2,48-30-12-21-39-57(48)72-3)66(49-31-13-22-40-58(49)73-4,50-32-14-23-41-59(50)74-5)69(54-36-18-27-45-63(54)78-9)67(51-33-15-24-42-60(51)75-6,52-34-16-25-43-61(52)76-7)68(64)53-35-17-26-44-62(53)77-8/h10-45,64H,1-9H3. The molecule has 9 aromatic carbocycles. The van der Waals surface area contributed by atoms with Crippen LogP contribution in [0.25, 0.3) is 0 Å². The van der Waals surface area contributed by atoms with E-state index in [2.05, 4.69) is 94.7 Å². The molecule has 0 spiro atoms. The molecule has 0 aromatic heterocycles. The molecule has 1 aliphatic heterocycles. The molecule has 1 fully saturated rings. The predicted octanol–water partition coefficient (Wildman–Crippen LogP) is 13.7. The van der Waals surface area contributed by atoms with Crippen molar-refractivity contribution < 1.29 is 42.6 Å². The topological polar surface area (TPSA) is 89.6 Å². The third kappa shape index (κ3) is 7.78. The van der Waals surface area contributed by atoms with Crippen LogP contribution in [-0.2, 0) is 16.6 Å². The Kier molecular flexibility index (Phi) is 14.8. The lowest BCUT2D eigenvalue weighted by atomic mass is 9.47. The lowest BCUT2D eigenvalue weighted by molar-refractivity contribution is 0.115. The van der Waals surface area contributed by atoms with Crippen molar-refractivity contribution in [3.63, 3.8) is 0 Å². The van der Waals surface area contributed by atoms with Crippen molar-refractivity contribution in [3.05, 3.63) is 257 Å². The van der Waals surface area contributed by atoms with E-state index in [0.717, 1.165) is 16.7 Å². The molecule has 1 atom stereocenters. The van der Waals surface area contributed by atoms with Crippen LogP contribution in [0.4, 0.5) is 11.4 Å². The third-order valence-corrected chi connectivity index (χ3v) is 15.4. The number of hydrogen-bond acceptors (Lipinski definition) is 11. The molecule has 1 aliphatic rings. The normalized spacial score (nSPS) is 15.1. The number of para-hydroxylation sites is 11. The van der Waals surface area contributed by atoms with Gasteiger partial charge in [-0.15, -0.1) is 0 Å². The Morgan fingerprint density at radius 3 is 0.936 bits per heavy atom. The van der Waals surface area contributed by atoms with Crippen molar-refractivity contribution in [2.45, 2.75) is 22.7 Å². The van der Waals surface area contributed by atoms with Gasteiger partial charge >= 0.3 is 0 Å². The maximum Gasteiger partial charge on any atom is 0.175 e. The summed E-state index contributed by atoms with van der Waals surface area (Å²) in [5.41, 5.74) is 1.30. The van der Waals surface area contributed by atoms with E-state index < -0.39 is 22.7 Å². The SMILES string of the molecule is COc1ccccc1C1N(c2ccccc2OC)C(c2ccccc2OC)(c2ccccc2OC)N(c2ccccc2OC)C(c2ccccc2OC)(c2ccccc2OC)C1(c1ccccc1OC)c1ccccc1OC. The monoisotopic (exact) mass is 1040 g/mol. The summed E-state index contributed by atoms with van der Waals surface area (Å²) in [6.45, 7) is 0. The first kappa shape index (κ1) is 52.2. The maximum absolute atomic E-state index is 6.87. The van der Waals surface area contributed by atoms with Gasteiger partial charge in [-0.1, -0.05) is 152 Å². The molecule has 11 heteroatoms.